The summed E-state index contributed by atoms with van der Waals surface area (Å²) in [6.45, 7) is 15.4. The van der Waals surface area contributed by atoms with E-state index in [0.717, 1.165) is 34.4 Å². The third kappa shape index (κ3) is 7.56. The normalized spacial score (nSPS) is 12.5. The number of halogens is 2. The lowest BCUT2D eigenvalue weighted by Gasteiger charge is -2.16. The van der Waals surface area contributed by atoms with Gasteiger partial charge in [-0.2, -0.15) is 0 Å². The largest absolute Gasteiger partial charge is 0.446 e. The Morgan fingerprint density at radius 2 is 2.06 bits per heavy atom. The Balaban J connectivity index is 2.52. The highest BCUT2D eigenvalue weighted by Crippen LogP contribution is 2.46. The highest BCUT2D eigenvalue weighted by molar-refractivity contribution is 14.2. The van der Waals surface area contributed by atoms with Crippen LogP contribution in [-0.4, -0.2) is 19.4 Å². The molecule has 0 aliphatic rings. The minimum Gasteiger partial charge on any atom is -0.446 e. The van der Waals surface area contributed by atoms with Crippen molar-refractivity contribution < 1.29 is 14.1 Å². The molecule has 2 atom stereocenters. The van der Waals surface area contributed by atoms with E-state index in [4.69, 9.17) is 20.9 Å². The lowest BCUT2D eigenvalue weighted by atomic mass is 9.90. The molecule has 1 heterocycles. The number of carbonyl (C=O) groups is 1. The van der Waals surface area contributed by atoms with Gasteiger partial charge in [0.05, 0.1) is 18.6 Å². The number of thiophene rings is 1. The number of ether oxygens (including phenoxy) is 1. The van der Waals surface area contributed by atoms with Gasteiger partial charge in [0, 0.05) is 23.0 Å². The standard InChI is InChI=1S/C24H26ClINO3PS/c1-5-19(14-16(3)4)30-24-22(20(6-2)17-8-10-18(25)11-9-17)21(15-28)23(32-24)27-12-7-13-29-31-26/h5-6,8-11,14-15,20,27,31H,1-3,7,12-13H2,4H3/b19-14+. The van der Waals surface area contributed by atoms with Crippen LogP contribution in [0.1, 0.15) is 40.7 Å². The zero-order chi connectivity index (χ0) is 23.5. The molecule has 32 heavy (non-hydrogen) atoms. The lowest BCUT2D eigenvalue weighted by Crippen LogP contribution is -2.06. The Kier molecular flexibility index (Phi) is 11.7. The van der Waals surface area contributed by atoms with Gasteiger partial charge in [-0.05, 0) is 65.2 Å². The van der Waals surface area contributed by atoms with E-state index >= 15 is 0 Å². The van der Waals surface area contributed by atoms with Crippen molar-refractivity contribution in [2.75, 3.05) is 18.5 Å². The molecule has 0 aliphatic carbocycles. The fourth-order valence-corrected chi connectivity index (χ4v) is 5.13. The van der Waals surface area contributed by atoms with Crippen molar-refractivity contribution in [2.45, 2.75) is 19.3 Å². The van der Waals surface area contributed by atoms with Gasteiger partial charge >= 0.3 is 0 Å². The third-order valence-electron chi connectivity index (χ3n) is 4.41. The summed E-state index contributed by atoms with van der Waals surface area (Å²) in [6, 6.07) is 7.50. The molecule has 0 bridgehead atoms. The molecule has 1 aromatic carbocycles. The maximum Gasteiger partial charge on any atom is 0.187 e. The van der Waals surface area contributed by atoms with Gasteiger partial charge in [-0.1, -0.05) is 59.9 Å². The van der Waals surface area contributed by atoms with E-state index in [2.05, 4.69) is 47.1 Å². The molecule has 1 N–H and O–H groups in total. The van der Waals surface area contributed by atoms with E-state index in [1.54, 1.807) is 18.2 Å². The second-order valence-electron chi connectivity index (χ2n) is 6.83. The van der Waals surface area contributed by atoms with Crippen LogP contribution < -0.4 is 10.1 Å². The predicted molar refractivity (Wildman–Crippen MR) is 148 cm³/mol. The summed E-state index contributed by atoms with van der Waals surface area (Å²) in [4.78, 5) is 12.2. The second-order valence-corrected chi connectivity index (χ2v) is 10.0. The van der Waals surface area contributed by atoms with E-state index < -0.39 is 0 Å². The Labute approximate surface area is 213 Å². The summed E-state index contributed by atoms with van der Waals surface area (Å²) in [5.41, 5.74) is 3.10. The van der Waals surface area contributed by atoms with E-state index in [1.807, 2.05) is 31.2 Å². The molecule has 0 aliphatic heterocycles. The topological polar surface area (TPSA) is 47.6 Å². The smallest absolute Gasteiger partial charge is 0.187 e. The first-order valence-corrected chi connectivity index (χ1v) is 15.1. The average molecular weight is 602 g/mol. The van der Waals surface area contributed by atoms with Gasteiger partial charge in [0.15, 0.2) is 11.3 Å². The molecule has 8 heteroatoms. The number of hydrogen-bond donors (Lipinski definition) is 1. The molecule has 0 amide bonds. The van der Waals surface area contributed by atoms with E-state index in [0.29, 0.717) is 41.0 Å². The highest BCUT2D eigenvalue weighted by atomic mass is 127. The quantitative estimate of drug-likeness (QED) is 0.0450. The molecule has 0 spiro atoms. The van der Waals surface area contributed by atoms with Gasteiger partial charge in [0.25, 0.3) is 0 Å². The summed E-state index contributed by atoms with van der Waals surface area (Å²) in [5, 5.41) is 5.36. The number of benzene rings is 1. The van der Waals surface area contributed by atoms with Gasteiger partial charge in [0.1, 0.15) is 10.8 Å². The Hall–Kier alpha value is -1.44. The van der Waals surface area contributed by atoms with Crippen LogP contribution in [-0.2, 0) is 4.52 Å². The summed E-state index contributed by atoms with van der Waals surface area (Å²) in [5.74, 6) is 0.299. The number of aldehydes is 1. The SMILES string of the molecule is C=C/C(=C\C(=C)C)Oc1sc(NCCCOPI)c(C=O)c1C(C=C)c1ccc(Cl)cc1. The van der Waals surface area contributed by atoms with Crippen molar-refractivity contribution >= 4 is 62.7 Å². The van der Waals surface area contributed by atoms with Crippen molar-refractivity contribution in [1.29, 1.82) is 0 Å². The minimum atomic E-state index is -0.256. The van der Waals surface area contributed by atoms with Crippen LogP contribution in [0.15, 0.2) is 73.6 Å². The fraction of sp³-hybridized carbons (Fsp3) is 0.208. The number of allylic oxidation sites excluding steroid dienone is 4. The molecule has 170 valence electrons. The molecule has 2 unspecified atom stereocenters. The van der Waals surface area contributed by atoms with Crippen LogP contribution in [0.5, 0.6) is 5.06 Å². The number of anilines is 1. The van der Waals surface area contributed by atoms with Crippen molar-refractivity contribution in [3.05, 3.63) is 95.3 Å². The Morgan fingerprint density at radius 1 is 1.34 bits per heavy atom. The van der Waals surface area contributed by atoms with Gasteiger partial charge in [-0.25, -0.2) is 0 Å². The van der Waals surface area contributed by atoms with Crippen LogP contribution in [0, 0.1) is 0 Å². The highest BCUT2D eigenvalue weighted by Gasteiger charge is 2.26. The monoisotopic (exact) mass is 601 g/mol. The lowest BCUT2D eigenvalue weighted by molar-refractivity contribution is 0.112. The molecule has 2 aromatic rings. The van der Waals surface area contributed by atoms with E-state index in [9.17, 15) is 4.79 Å². The minimum absolute atomic E-state index is 0.256. The van der Waals surface area contributed by atoms with Crippen molar-refractivity contribution in [2.24, 2.45) is 0 Å². The fourth-order valence-electron chi connectivity index (χ4n) is 3.01. The third-order valence-corrected chi connectivity index (χ3v) is 6.96. The van der Waals surface area contributed by atoms with Crippen LogP contribution in [0.4, 0.5) is 5.00 Å². The molecular weight excluding hydrogens is 576 g/mol. The Morgan fingerprint density at radius 3 is 2.62 bits per heavy atom. The van der Waals surface area contributed by atoms with Crippen LogP contribution in [0.25, 0.3) is 0 Å². The number of nitrogens with one attached hydrogen (secondary N) is 1. The van der Waals surface area contributed by atoms with Crippen LogP contribution in [0.3, 0.4) is 0 Å². The first-order valence-electron chi connectivity index (χ1n) is 9.83. The first kappa shape index (κ1) is 26.8. The van der Waals surface area contributed by atoms with Gasteiger partial charge in [0.2, 0.25) is 0 Å². The summed E-state index contributed by atoms with van der Waals surface area (Å²) in [7, 11) is 0. The zero-order valence-corrected chi connectivity index (χ0v) is 22.6. The molecular formula is C24H26ClINO3PS. The molecule has 0 radical (unpaired) electrons. The molecule has 0 saturated carbocycles. The molecule has 0 fully saturated rings. The second kappa shape index (κ2) is 14.0. The van der Waals surface area contributed by atoms with Crippen molar-refractivity contribution in [1.82, 2.24) is 0 Å². The maximum absolute atomic E-state index is 12.2. The van der Waals surface area contributed by atoms with E-state index in [-0.39, 0.29) is 5.92 Å². The van der Waals surface area contributed by atoms with Crippen LogP contribution in [0.2, 0.25) is 5.02 Å². The average Bonchev–Trinajstić information content (AvgIpc) is 3.11. The molecule has 0 saturated heterocycles. The predicted octanol–water partition coefficient (Wildman–Crippen LogP) is 8.32. The Bertz CT molecular complexity index is 988. The molecule has 2 rings (SSSR count). The first-order chi connectivity index (χ1) is 15.4. The van der Waals surface area contributed by atoms with Gasteiger partial charge in [-0.3, -0.25) is 4.79 Å². The zero-order valence-electron chi connectivity index (χ0n) is 17.8. The number of hydrogen-bond acceptors (Lipinski definition) is 5. The summed E-state index contributed by atoms with van der Waals surface area (Å²) >= 11 is 9.67. The molecule has 1 aromatic heterocycles. The summed E-state index contributed by atoms with van der Waals surface area (Å²) < 4.78 is 11.6. The van der Waals surface area contributed by atoms with Crippen LogP contribution >= 0.6 is 51.4 Å². The van der Waals surface area contributed by atoms with Crippen molar-refractivity contribution in [3.8, 4) is 5.06 Å². The van der Waals surface area contributed by atoms with Crippen molar-refractivity contribution in [3.63, 3.8) is 0 Å². The number of rotatable bonds is 14. The molecule has 4 nitrogen and oxygen atoms in total. The van der Waals surface area contributed by atoms with Gasteiger partial charge in [-0.15, -0.1) is 6.58 Å². The number of carbonyl (C=O) groups excluding carboxylic acids is 1. The maximum atomic E-state index is 12.2. The van der Waals surface area contributed by atoms with Gasteiger partial charge < -0.3 is 14.6 Å². The summed E-state index contributed by atoms with van der Waals surface area (Å²) in [6.07, 6.45) is 6.93. The van der Waals surface area contributed by atoms with E-state index in [1.165, 1.54) is 11.3 Å².